The summed E-state index contributed by atoms with van der Waals surface area (Å²) in [6, 6.07) is 4.57. The van der Waals surface area contributed by atoms with Crippen LogP contribution in [0.5, 0.6) is 0 Å². The molecule has 0 aliphatic rings. The van der Waals surface area contributed by atoms with Crippen molar-refractivity contribution in [3.63, 3.8) is 0 Å². The number of benzene rings is 1. The molecule has 0 aliphatic carbocycles. The number of halogens is 2. The molecule has 1 aromatic heterocycles. The van der Waals surface area contributed by atoms with Gasteiger partial charge in [-0.1, -0.05) is 36.7 Å². The lowest BCUT2D eigenvalue weighted by atomic mass is 10.0. The molecule has 0 saturated carbocycles. The summed E-state index contributed by atoms with van der Waals surface area (Å²) in [5.41, 5.74) is 1.94. The van der Waals surface area contributed by atoms with Crippen LogP contribution in [0.2, 0.25) is 5.02 Å². The first-order valence-electron chi connectivity index (χ1n) is 7.21. The normalized spacial score (nSPS) is 12.6. The predicted molar refractivity (Wildman–Crippen MR) is 81.8 cm³/mol. The molecule has 1 unspecified atom stereocenters. The minimum Gasteiger partial charge on any atom is -0.309 e. The second kappa shape index (κ2) is 7.52. The molecule has 1 atom stereocenters. The van der Waals surface area contributed by atoms with Gasteiger partial charge < -0.3 is 5.32 Å². The number of rotatable bonds is 7. The molecule has 0 spiro atoms. The lowest BCUT2D eigenvalue weighted by molar-refractivity contribution is 0.473. The highest BCUT2D eigenvalue weighted by Gasteiger charge is 2.18. The van der Waals surface area contributed by atoms with Gasteiger partial charge in [-0.3, -0.25) is 0 Å². The molecule has 0 fully saturated rings. The zero-order chi connectivity index (χ0) is 15.2. The van der Waals surface area contributed by atoms with Crippen molar-refractivity contribution in [2.45, 2.75) is 39.3 Å². The third-order valence-corrected chi connectivity index (χ3v) is 3.68. The molecule has 0 aliphatic heterocycles. The average molecular weight is 311 g/mol. The van der Waals surface area contributed by atoms with Crippen LogP contribution in [0.25, 0.3) is 0 Å². The standard InChI is InChI=1S/C15H20ClFN4/c1-3-7-21-15(10-19-20-21)14(18-4-2)8-11-5-6-12(17)9-13(11)16/h5-6,9-10,14,18H,3-4,7-8H2,1-2H3. The number of aromatic nitrogens is 3. The highest BCUT2D eigenvalue weighted by molar-refractivity contribution is 6.31. The van der Waals surface area contributed by atoms with Gasteiger partial charge in [-0.15, -0.1) is 5.10 Å². The Morgan fingerprint density at radius 1 is 1.38 bits per heavy atom. The molecule has 1 heterocycles. The fourth-order valence-corrected chi connectivity index (χ4v) is 2.60. The Bertz CT molecular complexity index is 585. The second-order valence-electron chi connectivity index (χ2n) is 4.93. The molecule has 4 nitrogen and oxygen atoms in total. The van der Waals surface area contributed by atoms with Crippen LogP contribution in [-0.4, -0.2) is 21.5 Å². The van der Waals surface area contributed by atoms with Crippen molar-refractivity contribution < 1.29 is 4.39 Å². The maximum atomic E-state index is 13.1. The Kier molecular flexibility index (Phi) is 5.70. The molecular formula is C15H20ClFN4. The molecule has 2 aromatic rings. The van der Waals surface area contributed by atoms with Crippen LogP contribution in [0, 0.1) is 5.82 Å². The Hall–Kier alpha value is -1.46. The van der Waals surface area contributed by atoms with Gasteiger partial charge in [0.1, 0.15) is 5.82 Å². The Morgan fingerprint density at radius 3 is 2.86 bits per heavy atom. The van der Waals surface area contributed by atoms with E-state index < -0.39 is 0 Å². The fraction of sp³-hybridized carbons (Fsp3) is 0.467. The summed E-state index contributed by atoms with van der Waals surface area (Å²) < 4.78 is 15.1. The van der Waals surface area contributed by atoms with Crippen LogP contribution in [-0.2, 0) is 13.0 Å². The van der Waals surface area contributed by atoms with Gasteiger partial charge >= 0.3 is 0 Å². The molecule has 2 rings (SSSR count). The predicted octanol–water partition coefficient (Wildman–Crippen LogP) is 3.37. The van der Waals surface area contributed by atoms with Gasteiger partial charge in [-0.05, 0) is 37.1 Å². The lowest BCUT2D eigenvalue weighted by Crippen LogP contribution is -2.26. The van der Waals surface area contributed by atoms with Crippen LogP contribution in [0.4, 0.5) is 4.39 Å². The number of hydrogen-bond donors (Lipinski definition) is 1. The van der Waals surface area contributed by atoms with Crippen molar-refractivity contribution in [2.75, 3.05) is 6.54 Å². The van der Waals surface area contributed by atoms with Crippen molar-refractivity contribution in [3.8, 4) is 0 Å². The SMILES string of the molecule is CCCn1nncc1C(Cc1ccc(F)cc1Cl)NCC. The quantitative estimate of drug-likeness (QED) is 0.852. The number of likely N-dealkylation sites (N-methyl/N-ethyl adjacent to an activating group) is 1. The maximum absolute atomic E-state index is 13.1. The van der Waals surface area contributed by atoms with Gasteiger partial charge in [0.05, 0.1) is 17.9 Å². The summed E-state index contributed by atoms with van der Waals surface area (Å²) >= 11 is 6.13. The van der Waals surface area contributed by atoms with Crippen LogP contribution in [0.1, 0.15) is 37.6 Å². The van der Waals surface area contributed by atoms with Crippen molar-refractivity contribution in [3.05, 3.63) is 46.5 Å². The van der Waals surface area contributed by atoms with Crippen LogP contribution < -0.4 is 5.32 Å². The molecule has 0 amide bonds. The highest BCUT2D eigenvalue weighted by atomic mass is 35.5. The van der Waals surface area contributed by atoms with E-state index in [1.54, 1.807) is 12.3 Å². The summed E-state index contributed by atoms with van der Waals surface area (Å²) in [5.74, 6) is -0.318. The van der Waals surface area contributed by atoms with E-state index in [9.17, 15) is 4.39 Å². The second-order valence-corrected chi connectivity index (χ2v) is 5.34. The van der Waals surface area contributed by atoms with Crippen LogP contribution in [0.3, 0.4) is 0 Å². The van der Waals surface area contributed by atoms with Gasteiger partial charge in [0.2, 0.25) is 0 Å². The first-order chi connectivity index (χ1) is 10.2. The van der Waals surface area contributed by atoms with E-state index in [0.29, 0.717) is 11.4 Å². The molecular weight excluding hydrogens is 291 g/mol. The topological polar surface area (TPSA) is 42.7 Å². The van der Waals surface area contributed by atoms with Crippen molar-refractivity contribution in [1.29, 1.82) is 0 Å². The average Bonchev–Trinajstić information content (AvgIpc) is 2.90. The Morgan fingerprint density at radius 2 is 2.19 bits per heavy atom. The molecule has 1 N–H and O–H groups in total. The Balaban J connectivity index is 2.24. The third-order valence-electron chi connectivity index (χ3n) is 3.33. The van der Waals surface area contributed by atoms with Crippen LogP contribution in [0.15, 0.2) is 24.4 Å². The zero-order valence-electron chi connectivity index (χ0n) is 12.3. The largest absolute Gasteiger partial charge is 0.309 e. The van der Waals surface area contributed by atoms with Crippen molar-refractivity contribution >= 4 is 11.6 Å². The van der Waals surface area contributed by atoms with E-state index in [1.165, 1.54) is 12.1 Å². The van der Waals surface area contributed by atoms with E-state index >= 15 is 0 Å². The number of hydrogen-bond acceptors (Lipinski definition) is 3. The van der Waals surface area contributed by atoms with Gasteiger partial charge in [-0.2, -0.15) is 0 Å². The van der Waals surface area contributed by atoms with Gasteiger partial charge in [0.25, 0.3) is 0 Å². The minimum atomic E-state index is -0.318. The maximum Gasteiger partial charge on any atom is 0.124 e. The molecule has 0 saturated heterocycles. The van der Waals surface area contributed by atoms with E-state index in [2.05, 4.69) is 22.6 Å². The summed E-state index contributed by atoms with van der Waals surface area (Å²) in [6.07, 6.45) is 3.44. The van der Waals surface area contributed by atoms with Gasteiger partial charge in [0.15, 0.2) is 0 Å². The monoisotopic (exact) mass is 310 g/mol. The van der Waals surface area contributed by atoms with E-state index in [4.69, 9.17) is 11.6 Å². The Labute approximate surface area is 129 Å². The molecule has 0 bridgehead atoms. The summed E-state index contributed by atoms with van der Waals surface area (Å²) in [7, 11) is 0. The molecule has 1 aromatic carbocycles. The van der Waals surface area contributed by atoms with E-state index in [-0.39, 0.29) is 11.9 Å². The first kappa shape index (κ1) is 15.9. The summed E-state index contributed by atoms with van der Waals surface area (Å²) in [5, 5.41) is 12.0. The number of aryl methyl sites for hydroxylation is 1. The highest BCUT2D eigenvalue weighted by Crippen LogP contribution is 2.24. The van der Waals surface area contributed by atoms with Crippen LogP contribution >= 0.6 is 11.6 Å². The first-order valence-corrected chi connectivity index (χ1v) is 7.59. The summed E-state index contributed by atoms with van der Waals surface area (Å²) in [6.45, 7) is 5.80. The van der Waals surface area contributed by atoms with Crippen molar-refractivity contribution in [1.82, 2.24) is 20.3 Å². The van der Waals surface area contributed by atoms with E-state index in [1.807, 2.05) is 11.6 Å². The zero-order valence-corrected chi connectivity index (χ0v) is 13.1. The van der Waals surface area contributed by atoms with Crippen molar-refractivity contribution in [2.24, 2.45) is 0 Å². The third kappa shape index (κ3) is 4.02. The smallest absolute Gasteiger partial charge is 0.124 e. The molecule has 0 radical (unpaired) electrons. The molecule has 21 heavy (non-hydrogen) atoms. The molecule has 114 valence electrons. The van der Waals surface area contributed by atoms with E-state index in [0.717, 1.165) is 30.8 Å². The minimum absolute atomic E-state index is 0.0551. The number of nitrogens with zero attached hydrogens (tertiary/aromatic N) is 3. The van der Waals surface area contributed by atoms with Gasteiger partial charge in [-0.25, -0.2) is 9.07 Å². The molecule has 6 heteroatoms. The van der Waals surface area contributed by atoms with Gasteiger partial charge in [0, 0.05) is 11.6 Å². The fourth-order valence-electron chi connectivity index (χ4n) is 2.36. The number of nitrogens with one attached hydrogen (secondary N) is 1. The lowest BCUT2D eigenvalue weighted by Gasteiger charge is -2.19. The summed E-state index contributed by atoms with van der Waals surface area (Å²) in [4.78, 5) is 0.